The number of para-hydroxylation sites is 1. The van der Waals surface area contributed by atoms with Crippen LogP contribution in [0.25, 0.3) is 11.1 Å². The van der Waals surface area contributed by atoms with Crippen LogP contribution in [0.4, 0.5) is 11.5 Å². The number of nitrogens with zero attached hydrogens (tertiary/aromatic N) is 4. The number of halogens is 1. The fourth-order valence-corrected chi connectivity index (χ4v) is 3.67. The predicted octanol–water partition coefficient (Wildman–Crippen LogP) is 3.69. The second-order valence-corrected chi connectivity index (χ2v) is 7.02. The topological polar surface area (TPSA) is 84.2 Å². The summed E-state index contributed by atoms with van der Waals surface area (Å²) >= 11 is 6.16. The molecule has 0 bridgehead atoms. The van der Waals surface area contributed by atoms with Crippen LogP contribution in [0, 0.1) is 5.92 Å². The summed E-state index contributed by atoms with van der Waals surface area (Å²) in [5.74, 6) is 0.609. The molecule has 1 aliphatic rings. The molecule has 140 valence electrons. The Morgan fingerprint density at radius 2 is 2.22 bits per heavy atom. The van der Waals surface area contributed by atoms with Gasteiger partial charge in [-0.1, -0.05) is 35.8 Å². The van der Waals surface area contributed by atoms with E-state index in [4.69, 9.17) is 16.1 Å². The quantitative estimate of drug-likeness (QED) is 0.737. The van der Waals surface area contributed by atoms with E-state index < -0.39 is 0 Å². The zero-order valence-electron chi connectivity index (χ0n) is 15.0. The van der Waals surface area contributed by atoms with Gasteiger partial charge in [-0.05, 0) is 31.4 Å². The minimum absolute atomic E-state index is 0.0286. The summed E-state index contributed by atoms with van der Waals surface area (Å²) in [6, 6.07) is 7.26. The number of fused-ring (bicyclic) bond motifs is 1. The molecule has 1 N–H and O–H groups in total. The summed E-state index contributed by atoms with van der Waals surface area (Å²) in [7, 11) is 0. The van der Waals surface area contributed by atoms with Gasteiger partial charge >= 0.3 is 0 Å². The van der Waals surface area contributed by atoms with Gasteiger partial charge in [0, 0.05) is 13.1 Å². The maximum Gasteiger partial charge on any atom is 0.263 e. The molecule has 27 heavy (non-hydrogen) atoms. The first-order chi connectivity index (χ1) is 13.2. The second-order valence-electron chi connectivity index (χ2n) is 6.61. The number of carbonyl (C=O) groups excluding carboxylic acids is 1. The lowest BCUT2D eigenvalue weighted by Crippen LogP contribution is -2.41. The summed E-state index contributed by atoms with van der Waals surface area (Å²) in [5, 5.41) is 8.41. The third-order valence-corrected chi connectivity index (χ3v) is 5.21. The molecule has 1 atom stereocenters. The highest BCUT2D eigenvalue weighted by molar-refractivity contribution is 6.33. The van der Waals surface area contributed by atoms with Crippen molar-refractivity contribution in [2.75, 3.05) is 23.3 Å². The van der Waals surface area contributed by atoms with Crippen molar-refractivity contribution in [3.8, 4) is 0 Å². The number of amides is 1. The molecule has 0 unspecified atom stereocenters. The van der Waals surface area contributed by atoms with Crippen LogP contribution < -0.4 is 10.2 Å². The monoisotopic (exact) mass is 385 g/mol. The Morgan fingerprint density at radius 1 is 1.37 bits per heavy atom. The van der Waals surface area contributed by atoms with Crippen molar-refractivity contribution in [1.82, 2.24) is 15.1 Å². The smallest absolute Gasteiger partial charge is 0.263 e. The van der Waals surface area contributed by atoms with E-state index in [1.165, 1.54) is 6.33 Å². The molecule has 1 aliphatic heterocycles. The Kier molecular flexibility index (Phi) is 4.94. The maximum atomic E-state index is 12.8. The van der Waals surface area contributed by atoms with Gasteiger partial charge in [0.25, 0.3) is 5.71 Å². The van der Waals surface area contributed by atoms with Crippen LogP contribution in [0.5, 0.6) is 0 Å². The molecular weight excluding hydrogens is 366 g/mol. The SMILES string of the molecule is CCc1noc2ncnc(N3CCC[C@@H](C(=O)Nc4ccccc4Cl)C3)c12. The fourth-order valence-electron chi connectivity index (χ4n) is 3.49. The van der Waals surface area contributed by atoms with Crippen LogP contribution in [-0.2, 0) is 11.2 Å². The number of anilines is 2. The Morgan fingerprint density at radius 3 is 3.04 bits per heavy atom. The standard InChI is InChI=1S/C19H20ClN5O2/c1-2-14-16-17(21-11-22-19(16)27-24-14)25-9-5-6-12(10-25)18(26)23-15-8-4-3-7-13(15)20/h3-4,7-8,11-12H,2,5-6,9-10H2,1H3,(H,23,26)/t12-/m1/s1. The molecule has 2 aromatic heterocycles. The molecule has 0 saturated carbocycles. The van der Waals surface area contributed by atoms with Crippen molar-refractivity contribution < 1.29 is 9.32 Å². The summed E-state index contributed by atoms with van der Waals surface area (Å²) < 4.78 is 5.32. The predicted molar refractivity (Wildman–Crippen MR) is 104 cm³/mol. The number of benzene rings is 1. The first-order valence-electron chi connectivity index (χ1n) is 9.07. The number of carbonyl (C=O) groups is 1. The highest BCUT2D eigenvalue weighted by Crippen LogP contribution is 2.30. The largest absolute Gasteiger partial charge is 0.355 e. The van der Waals surface area contributed by atoms with Crippen molar-refractivity contribution in [2.24, 2.45) is 5.92 Å². The molecule has 0 radical (unpaired) electrons. The van der Waals surface area contributed by atoms with Crippen LogP contribution >= 0.6 is 11.6 Å². The Labute approximate surface area is 161 Å². The zero-order valence-corrected chi connectivity index (χ0v) is 15.7. The summed E-state index contributed by atoms with van der Waals surface area (Å²) in [6.45, 7) is 3.43. The Hall–Kier alpha value is -2.67. The van der Waals surface area contributed by atoms with Gasteiger partial charge in [0.1, 0.15) is 17.5 Å². The molecule has 3 heterocycles. The minimum Gasteiger partial charge on any atom is -0.355 e. The normalized spacial score (nSPS) is 17.3. The van der Waals surface area contributed by atoms with Crippen LogP contribution in [0.15, 0.2) is 35.1 Å². The number of rotatable bonds is 4. The van der Waals surface area contributed by atoms with Crippen molar-refractivity contribution >= 4 is 40.1 Å². The van der Waals surface area contributed by atoms with Crippen LogP contribution in [0.2, 0.25) is 5.02 Å². The summed E-state index contributed by atoms with van der Waals surface area (Å²) in [4.78, 5) is 23.5. The average Bonchev–Trinajstić information content (AvgIpc) is 3.13. The van der Waals surface area contributed by atoms with Crippen LogP contribution in [0.1, 0.15) is 25.5 Å². The molecule has 1 aromatic carbocycles. The van der Waals surface area contributed by atoms with E-state index in [0.29, 0.717) is 23.0 Å². The van der Waals surface area contributed by atoms with Gasteiger partial charge < -0.3 is 14.7 Å². The third-order valence-electron chi connectivity index (χ3n) is 4.88. The Balaban J connectivity index is 1.56. The molecule has 1 saturated heterocycles. The number of hydrogen-bond acceptors (Lipinski definition) is 6. The van der Waals surface area contributed by atoms with E-state index in [0.717, 1.165) is 42.7 Å². The number of piperidine rings is 1. The van der Waals surface area contributed by atoms with E-state index in [1.54, 1.807) is 12.1 Å². The van der Waals surface area contributed by atoms with Gasteiger partial charge in [-0.2, -0.15) is 4.98 Å². The number of aryl methyl sites for hydroxylation is 1. The first kappa shape index (κ1) is 17.7. The van der Waals surface area contributed by atoms with Gasteiger partial charge in [-0.25, -0.2) is 4.98 Å². The minimum atomic E-state index is -0.148. The van der Waals surface area contributed by atoms with Gasteiger partial charge in [-0.15, -0.1) is 0 Å². The highest BCUT2D eigenvalue weighted by atomic mass is 35.5. The van der Waals surface area contributed by atoms with Crippen LogP contribution in [0.3, 0.4) is 0 Å². The van der Waals surface area contributed by atoms with Gasteiger partial charge in [0.2, 0.25) is 5.91 Å². The van der Waals surface area contributed by atoms with Crippen molar-refractivity contribution in [2.45, 2.75) is 26.2 Å². The maximum absolute atomic E-state index is 12.8. The summed E-state index contributed by atoms with van der Waals surface area (Å²) in [6.07, 6.45) is 3.94. The highest BCUT2D eigenvalue weighted by Gasteiger charge is 2.29. The van der Waals surface area contributed by atoms with Gasteiger partial charge in [0.05, 0.1) is 22.3 Å². The molecule has 0 aliphatic carbocycles. The van der Waals surface area contributed by atoms with Crippen LogP contribution in [-0.4, -0.2) is 34.1 Å². The number of hydrogen-bond donors (Lipinski definition) is 1. The number of nitrogens with one attached hydrogen (secondary N) is 1. The molecular formula is C19H20ClN5O2. The molecule has 7 nitrogen and oxygen atoms in total. The second kappa shape index (κ2) is 7.52. The zero-order chi connectivity index (χ0) is 18.8. The van der Waals surface area contributed by atoms with E-state index in [2.05, 4.69) is 25.3 Å². The molecule has 0 spiro atoms. The first-order valence-corrected chi connectivity index (χ1v) is 9.44. The van der Waals surface area contributed by atoms with Crippen molar-refractivity contribution in [3.05, 3.63) is 41.3 Å². The molecule has 3 aromatic rings. The third kappa shape index (κ3) is 3.47. The lowest BCUT2D eigenvalue weighted by atomic mass is 9.96. The summed E-state index contributed by atoms with van der Waals surface area (Å²) in [5.41, 5.74) is 1.96. The average molecular weight is 386 g/mol. The van der Waals surface area contributed by atoms with E-state index in [-0.39, 0.29) is 11.8 Å². The van der Waals surface area contributed by atoms with E-state index in [9.17, 15) is 4.79 Å². The van der Waals surface area contributed by atoms with Crippen molar-refractivity contribution in [1.29, 1.82) is 0 Å². The van der Waals surface area contributed by atoms with Gasteiger partial charge in [-0.3, -0.25) is 4.79 Å². The number of aromatic nitrogens is 3. The molecule has 4 rings (SSSR count). The molecule has 1 amide bonds. The lowest BCUT2D eigenvalue weighted by molar-refractivity contribution is -0.120. The fraction of sp³-hybridized carbons (Fsp3) is 0.368. The molecule has 8 heteroatoms. The van der Waals surface area contributed by atoms with Crippen molar-refractivity contribution in [3.63, 3.8) is 0 Å². The molecule has 1 fully saturated rings. The van der Waals surface area contributed by atoms with Gasteiger partial charge in [0.15, 0.2) is 0 Å². The van der Waals surface area contributed by atoms with E-state index >= 15 is 0 Å². The lowest BCUT2D eigenvalue weighted by Gasteiger charge is -2.33. The van der Waals surface area contributed by atoms with E-state index in [1.807, 2.05) is 19.1 Å². The Bertz CT molecular complexity index is 974.